The molecule has 4 heterocycles. The van der Waals surface area contributed by atoms with Crippen LogP contribution < -0.4 is 5.43 Å². The van der Waals surface area contributed by atoms with E-state index in [0.717, 1.165) is 11.1 Å². The molecule has 12 aromatic rings. The van der Waals surface area contributed by atoms with E-state index in [-0.39, 0.29) is 5.43 Å². The molecule has 0 aliphatic heterocycles. The summed E-state index contributed by atoms with van der Waals surface area (Å²) in [5, 5.41) is 8.83. The zero-order chi connectivity index (χ0) is 34.8. The summed E-state index contributed by atoms with van der Waals surface area (Å²) in [6.07, 6.45) is 0. The van der Waals surface area contributed by atoms with Crippen LogP contribution in [0.2, 0.25) is 0 Å². The molecule has 0 saturated heterocycles. The molecule has 0 radical (unpaired) electrons. The van der Waals surface area contributed by atoms with Crippen LogP contribution in [-0.4, -0.2) is 4.40 Å². The molecule has 0 bridgehead atoms. The molecule has 3 nitrogen and oxygen atoms in total. The molecule has 246 valence electrons. The van der Waals surface area contributed by atoms with Gasteiger partial charge >= 0.3 is 0 Å². The number of nitrogens with zero attached hydrogens (tertiary/aromatic N) is 1. The van der Waals surface area contributed by atoms with Crippen molar-refractivity contribution in [3.05, 3.63) is 174 Å². The Hall–Kier alpha value is -6.75. The van der Waals surface area contributed by atoms with Crippen molar-refractivity contribution in [2.75, 3.05) is 0 Å². The molecule has 0 spiro atoms. The first kappa shape index (κ1) is 28.9. The number of hydrogen-bond acceptors (Lipinski definition) is 3. The Balaban J connectivity index is 0.987. The largest absolute Gasteiger partial charge is 0.456 e. The number of fused-ring (bicyclic) bond motifs is 11. The van der Waals surface area contributed by atoms with Gasteiger partial charge in [-0.1, -0.05) is 97.1 Å². The van der Waals surface area contributed by atoms with E-state index in [1.54, 1.807) is 0 Å². The van der Waals surface area contributed by atoms with Crippen molar-refractivity contribution in [1.82, 2.24) is 4.40 Å². The van der Waals surface area contributed by atoms with Crippen molar-refractivity contribution in [3.8, 4) is 33.4 Å². The Morgan fingerprint density at radius 3 is 1.83 bits per heavy atom. The van der Waals surface area contributed by atoms with E-state index in [2.05, 4.69) is 126 Å². The van der Waals surface area contributed by atoms with Gasteiger partial charge in [-0.2, -0.15) is 0 Å². The highest BCUT2D eigenvalue weighted by atomic mass is 32.1. The molecule has 0 atom stereocenters. The van der Waals surface area contributed by atoms with Gasteiger partial charge in [0.1, 0.15) is 11.2 Å². The van der Waals surface area contributed by atoms with Gasteiger partial charge in [0.2, 0.25) is 5.43 Å². The lowest BCUT2D eigenvalue weighted by Crippen LogP contribution is -2.01. The number of rotatable bonds is 3. The minimum Gasteiger partial charge on any atom is -0.456 e. The van der Waals surface area contributed by atoms with Crippen LogP contribution in [-0.2, 0) is 0 Å². The molecule has 0 fully saturated rings. The highest BCUT2D eigenvalue weighted by Crippen LogP contribution is 2.44. The molecule has 4 heteroatoms. The van der Waals surface area contributed by atoms with E-state index < -0.39 is 0 Å². The Bertz CT molecular complexity index is 3550. The fourth-order valence-electron chi connectivity index (χ4n) is 8.71. The topological polar surface area (TPSA) is 34.6 Å². The third-order valence-electron chi connectivity index (χ3n) is 11.1. The predicted molar refractivity (Wildman–Crippen MR) is 224 cm³/mol. The SMILES string of the molecule is O=c1c2ccccc2oc2ccc(-c3ccc4sc5ccc(-c6cccc(-c7cccc8c7c7cccc9c%10ccccc%10n8c97)c6)cc5c4c3)cc12. The third-order valence-corrected chi connectivity index (χ3v) is 12.3. The van der Waals surface area contributed by atoms with Gasteiger partial charge in [-0.05, 0) is 100 Å². The molecule has 0 saturated carbocycles. The lowest BCUT2D eigenvalue weighted by atomic mass is 9.95. The normalized spacial score (nSPS) is 12.2. The van der Waals surface area contributed by atoms with Crippen LogP contribution in [0.5, 0.6) is 0 Å². The maximum absolute atomic E-state index is 13.4. The van der Waals surface area contributed by atoms with Crippen molar-refractivity contribution in [2.24, 2.45) is 0 Å². The van der Waals surface area contributed by atoms with Gasteiger partial charge in [0.25, 0.3) is 0 Å². The van der Waals surface area contributed by atoms with Gasteiger partial charge in [-0.25, -0.2) is 0 Å². The number of thiophene rings is 1. The molecule has 0 aliphatic rings. The first-order valence-electron chi connectivity index (χ1n) is 17.9. The van der Waals surface area contributed by atoms with Crippen molar-refractivity contribution in [3.63, 3.8) is 0 Å². The fraction of sp³-hybridized carbons (Fsp3) is 0. The Kier molecular flexibility index (Phi) is 5.80. The summed E-state index contributed by atoms with van der Waals surface area (Å²) >= 11 is 1.82. The first-order chi connectivity index (χ1) is 26.2. The Morgan fingerprint density at radius 1 is 0.415 bits per heavy atom. The van der Waals surface area contributed by atoms with Crippen molar-refractivity contribution in [1.29, 1.82) is 0 Å². The average Bonchev–Trinajstić information content (AvgIpc) is 3.88. The molecule has 0 amide bonds. The van der Waals surface area contributed by atoms with Gasteiger partial charge in [0.15, 0.2) is 0 Å². The van der Waals surface area contributed by atoms with Crippen LogP contribution in [0.1, 0.15) is 0 Å². The van der Waals surface area contributed by atoms with Gasteiger partial charge in [-0.15, -0.1) is 11.3 Å². The number of para-hydroxylation sites is 3. The minimum atomic E-state index is -0.00192. The second-order valence-electron chi connectivity index (χ2n) is 14.0. The second kappa shape index (κ2) is 10.6. The zero-order valence-electron chi connectivity index (χ0n) is 28.3. The summed E-state index contributed by atoms with van der Waals surface area (Å²) in [6, 6.07) is 58.0. The summed E-state index contributed by atoms with van der Waals surface area (Å²) in [5.41, 5.74) is 11.9. The van der Waals surface area contributed by atoms with Gasteiger partial charge in [-0.3, -0.25) is 4.79 Å². The average molecular weight is 694 g/mol. The molecule has 53 heavy (non-hydrogen) atoms. The van der Waals surface area contributed by atoms with E-state index >= 15 is 0 Å². The van der Waals surface area contributed by atoms with E-state index in [1.165, 1.54) is 80.5 Å². The molecule has 0 aliphatic carbocycles. The quantitative estimate of drug-likeness (QED) is 0.173. The van der Waals surface area contributed by atoms with E-state index in [0.29, 0.717) is 21.9 Å². The Labute approximate surface area is 306 Å². The predicted octanol–water partition coefficient (Wildman–Crippen LogP) is 13.5. The monoisotopic (exact) mass is 693 g/mol. The van der Waals surface area contributed by atoms with Crippen molar-refractivity contribution < 1.29 is 4.42 Å². The number of aromatic nitrogens is 1. The maximum Gasteiger partial charge on any atom is 0.200 e. The third kappa shape index (κ3) is 4.07. The van der Waals surface area contributed by atoms with Crippen molar-refractivity contribution >= 4 is 91.5 Å². The number of hydrogen-bond donors (Lipinski definition) is 0. The van der Waals surface area contributed by atoms with Crippen LogP contribution in [0, 0.1) is 0 Å². The summed E-state index contributed by atoms with van der Waals surface area (Å²) in [6.45, 7) is 0. The molecule has 12 rings (SSSR count). The van der Waals surface area contributed by atoms with Crippen LogP contribution in [0.3, 0.4) is 0 Å². The van der Waals surface area contributed by atoms with Gasteiger partial charge in [0.05, 0.1) is 27.3 Å². The molecule has 0 N–H and O–H groups in total. The number of benzene rings is 8. The summed E-state index contributed by atoms with van der Waals surface area (Å²) in [7, 11) is 0. The Morgan fingerprint density at radius 2 is 1.00 bits per heavy atom. The molecule has 0 unspecified atom stereocenters. The van der Waals surface area contributed by atoms with E-state index in [9.17, 15) is 4.79 Å². The molecular weight excluding hydrogens is 667 g/mol. The fourth-order valence-corrected chi connectivity index (χ4v) is 9.77. The van der Waals surface area contributed by atoms with Crippen molar-refractivity contribution in [2.45, 2.75) is 0 Å². The standard InChI is InChI=1S/C49H27NO2S/c51-49-36-11-2-4-17-43(36)52-44-21-18-29(27-40(44)49)31-20-23-46-39(26-31)38-25-30(19-22-45(38)53-46)28-8-5-9-32(24-28)33-12-7-16-42-47(33)37-14-6-13-35-34-10-1-3-15-41(34)50(42)48(35)37/h1-27H. The van der Waals surface area contributed by atoms with Crippen LogP contribution in [0.25, 0.3) is 114 Å². The van der Waals surface area contributed by atoms with E-state index in [1.807, 2.05) is 53.8 Å². The second-order valence-corrected chi connectivity index (χ2v) is 15.1. The lowest BCUT2D eigenvalue weighted by molar-refractivity contribution is 0.660. The van der Waals surface area contributed by atoms with Crippen LogP contribution >= 0.6 is 11.3 Å². The first-order valence-corrected chi connectivity index (χ1v) is 18.7. The highest BCUT2D eigenvalue weighted by molar-refractivity contribution is 7.25. The summed E-state index contributed by atoms with van der Waals surface area (Å²) in [5.74, 6) is 0. The summed E-state index contributed by atoms with van der Waals surface area (Å²) in [4.78, 5) is 13.4. The van der Waals surface area contributed by atoms with Crippen LogP contribution in [0.4, 0.5) is 0 Å². The lowest BCUT2D eigenvalue weighted by Gasteiger charge is -2.09. The smallest absolute Gasteiger partial charge is 0.200 e. The minimum absolute atomic E-state index is 0.00192. The molecule has 4 aromatic heterocycles. The van der Waals surface area contributed by atoms with Gasteiger partial charge in [0, 0.05) is 41.7 Å². The summed E-state index contributed by atoms with van der Waals surface area (Å²) < 4.78 is 11.0. The molecular formula is C49H27NO2S. The zero-order valence-corrected chi connectivity index (χ0v) is 29.1. The molecule has 8 aromatic carbocycles. The highest BCUT2D eigenvalue weighted by Gasteiger charge is 2.19. The van der Waals surface area contributed by atoms with Gasteiger partial charge < -0.3 is 8.82 Å². The maximum atomic E-state index is 13.4. The van der Waals surface area contributed by atoms with Crippen LogP contribution in [0.15, 0.2) is 173 Å². The van der Waals surface area contributed by atoms with E-state index in [4.69, 9.17) is 4.42 Å².